The van der Waals surface area contributed by atoms with Crippen molar-refractivity contribution in [1.29, 1.82) is 0 Å². The lowest BCUT2D eigenvalue weighted by Gasteiger charge is -2.37. The molecule has 0 aliphatic carbocycles. The number of carbonyl (C=O) groups excluding carboxylic acids is 1. The van der Waals surface area contributed by atoms with Crippen LogP contribution >= 0.6 is 0 Å². The fraction of sp³-hybridized carbons (Fsp3) is 0.303. The summed E-state index contributed by atoms with van der Waals surface area (Å²) >= 11 is 0. The minimum atomic E-state index is -0.300. The van der Waals surface area contributed by atoms with Crippen LogP contribution in [0.3, 0.4) is 0 Å². The minimum Gasteiger partial charge on any atom is -0.493 e. The molecule has 0 spiro atoms. The zero-order valence-electron chi connectivity index (χ0n) is 23.0. The van der Waals surface area contributed by atoms with E-state index in [2.05, 4.69) is 32.0 Å². The summed E-state index contributed by atoms with van der Waals surface area (Å²) < 4.78 is 23.3. The van der Waals surface area contributed by atoms with Crippen molar-refractivity contribution in [3.63, 3.8) is 0 Å². The van der Waals surface area contributed by atoms with Crippen molar-refractivity contribution in [3.05, 3.63) is 95.6 Å². The second-order valence-electron chi connectivity index (χ2n) is 10.1. The van der Waals surface area contributed by atoms with Crippen LogP contribution in [0.15, 0.2) is 78.9 Å². The largest absolute Gasteiger partial charge is 0.493 e. The maximum atomic E-state index is 13.6. The number of carbonyl (C=O) groups is 1. The predicted molar refractivity (Wildman–Crippen MR) is 153 cm³/mol. The lowest BCUT2D eigenvalue weighted by Crippen LogP contribution is -2.44. The van der Waals surface area contributed by atoms with Gasteiger partial charge in [-0.25, -0.2) is 0 Å². The van der Waals surface area contributed by atoms with Crippen molar-refractivity contribution in [2.75, 3.05) is 34.0 Å². The van der Waals surface area contributed by atoms with Crippen LogP contribution in [-0.4, -0.2) is 44.8 Å². The molecule has 39 heavy (non-hydrogen) atoms. The molecule has 1 atom stereocenters. The Kier molecular flexibility index (Phi) is 7.92. The van der Waals surface area contributed by atoms with E-state index in [1.165, 1.54) is 5.56 Å². The number of nitrogens with zero attached hydrogens (tertiary/aromatic N) is 1. The van der Waals surface area contributed by atoms with E-state index >= 15 is 0 Å². The maximum absolute atomic E-state index is 13.6. The summed E-state index contributed by atoms with van der Waals surface area (Å²) in [6, 6.07) is 25.8. The van der Waals surface area contributed by atoms with Crippen LogP contribution in [0, 0.1) is 0 Å². The van der Waals surface area contributed by atoms with Crippen molar-refractivity contribution >= 4 is 16.7 Å². The van der Waals surface area contributed by atoms with Gasteiger partial charge in [0.2, 0.25) is 0 Å². The Hall–Kier alpha value is -4.19. The molecule has 1 amide bonds. The molecule has 1 heterocycles. The number of hydrogen-bond donors (Lipinski definition) is 0. The number of benzene rings is 4. The van der Waals surface area contributed by atoms with Gasteiger partial charge < -0.3 is 23.8 Å². The molecule has 1 unspecified atom stereocenters. The van der Waals surface area contributed by atoms with Gasteiger partial charge in [-0.3, -0.25) is 4.79 Å². The summed E-state index contributed by atoms with van der Waals surface area (Å²) in [5.74, 6) is 3.11. The van der Waals surface area contributed by atoms with Gasteiger partial charge in [0, 0.05) is 6.54 Å². The Morgan fingerprint density at radius 1 is 0.846 bits per heavy atom. The van der Waals surface area contributed by atoms with Gasteiger partial charge in [0.25, 0.3) is 5.91 Å². The number of hydrogen-bond acceptors (Lipinski definition) is 5. The van der Waals surface area contributed by atoms with Crippen LogP contribution in [0.1, 0.15) is 42.5 Å². The normalized spacial score (nSPS) is 14.7. The van der Waals surface area contributed by atoms with Gasteiger partial charge in [-0.2, -0.15) is 0 Å². The first kappa shape index (κ1) is 26.4. The summed E-state index contributed by atoms with van der Waals surface area (Å²) in [5, 5.41) is 2.21. The van der Waals surface area contributed by atoms with Gasteiger partial charge in [-0.15, -0.1) is 0 Å². The predicted octanol–water partition coefficient (Wildman–Crippen LogP) is 6.56. The van der Waals surface area contributed by atoms with Crippen molar-refractivity contribution < 1.29 is 23.7 Å². The third-order valence-electron chi connectivity index (χ3n) is 7.36. The summed E-state index contributed by atoms with van der Waals surface area (Å²) in [6.45, 7) is 5.15. The zero-order valence-corrected chi connectivity index (χ0v) is 23.0. The highest BCUT2D eigenvalue weighted by molar-refractivity contribution is 5.84. The summed E-state index contributed by atoms with van der Waals surface area (Å²) in [5.41, 5.74) is 3.37. The fourth-order valence-electron chi connectivity index (χ4n) is 5.12. The average Bonchev–Trinajstić information content (AvgIpc) is 2.97. The minimum absolute atomic E-state index is 0.0550. The topological polar surface area (TPSA) is 57.2 Å². The molecule has 0 saturated carbocycles. The second-order valence-corrected chi connectivity index (χ2v) is 10.1. The maximum Gasteiger partial charge on any atom is 0.261 e. The molecule has 1 aliphatic rings. The van der Waals surface area contributed by atoms with E-state index in [4.69, 9.17) is 18.9 Å². The van der Waals surface area contributed by atoms with E-state index < -0.39 is 0 Å². The molecule has 0 saturated heterocycles. The molecule has 5 rings (SSSR count). The van der Waals surface area contributed by atoms with Gasteiger partial charge in [-0.05, 0) is 76.2 Å². The average molecular weight is 526 g/mol. The molecule has 0 aromatic heterocycles. The number of methoxy groups -OCH3 is 2. The number of rotatable bonds is 9. The standard InChI is InChI=1S/C33H35NO5/c1-22(2)23-9-12-27(13-10-23)38-20-30-29-19-32(37-4)31(36-3)18-26(29)15-16-34(30)33(35)21-39-28-14-11-24-7-5-6-8-25(24)17-28/h5-14,17-19,22,30H,15-16,20-21H2,1-4H3. The highest BCUT2D eigenvalue weighted by Gasteiger charge is 2.33. The Bertz CT molecular complexity index is 1450. The van der Waals surface area contributed by atoms with E-state index in [-0.39, 0.29) is 18.6 Å². The van der Waals surface area contributed by atoms with E-state index in [0.717, 1.165) is 27.6 Å². The summed E-state index contributed by atoms with van der Waals surface area (Å²) in [4.78, 5) is 15.4. The molecule has 0 radical (unpaired) electrons. The van der Waals surface area contributed by atoms with Crippen LogP contribution < -0.4 is 18.9 Å². The summed E-state index contributed by atoms with van der Waals surface area (Å²) in [7, 11) is 3.25. The molecular weight excluding hydrogens is 490 g/mol. The first-order valence-corrected chi connectivity index (χ1v) is 13.4. The van der Waals surface area contributed by atoms with E-state index in [0.29, 0.717) is 42.7 Å². The van der Waals surface area contributed by atoms with E-state index in [9.17, 15) is 4.79 Å². The molecule has 4 aromatic rings. The van der Waals surface area contributed by atoms with Crippen LogP contribution in [0.2, 0.25) is 0 Å². The molecule has 0 fully saturated rings. The smallest absolute Gasteiger partial charge is 0.261 e. The number of fused-ring (bicyclic) bond motifs is 2. The van der Waals surface area contributed by atoms with Gasteiger partial charge >= 0.3 is 0 Å². The van der Waals surface area contributed by atoms with Crippen molar-refractivity contribution in [3.8, 4) is 23.0 Å². The van der Waals surface area contributed by atoms with Gasteiger partial charge in [0.15, 0.2) is 18.1 Å². The molecule has 1 aliphatic heterocycles. The van der Waals surface area contributed by atoms with Crippen LogP contribution in [-0.2, 0) is 11.2 Å². The molecule has 202 valence electrons. The summed E-state index contributed by atoms with van der Waals surface area (Å²) in [6.07, 6.45) is 0.705. The molecule has 4 aromatic carbocycles. The van der Waals surface area contributed by atoms with Crippen LogP contribution in [0.4, 0.5) is 0 Å². The van der Waals surface area contributed by atoms with Crippen molar-refractivity contribution in [1.82, 2.24) is 4.90 Å². The molecule has 0 N–H and O–H groups in total. The van der Waals surface area contributed by atoms with Gasteiger partial charge in [0.05, 0.1) is 20.3 Å². The first-order valence-electron chi connectivity index (χ1n) is 13.4. The molecule has 0 bridgehead atoms. The molecular formula is C33H35NO5. The number of amides is 1. The van der Waals surface area contributed by atoms with Crippen LogP contribution in [0.5, 0.6) is 23.0 Å². The zero-order chi connectivity index (χ0) is 27.4. The molecule has 6 nitrogen and oxygen atoms in total. The second kappa shape index (κ2) is 11.7. The quantitative estimate of drug-likeness (QED) is 0.248. The van der Waals surface area contributed by atoms with Gasteiger partial charge in [-0.1, -0.05) is 56.3 Å². The highest BCUT2D eigenvalue weighted by Crippen LogP contribution is 2.38. The molecule has 6 heteroatoms. The lowest BCUT2D eigenvalue weighted by atomic mass is 9.92. The Balaban J connectivity index is 1.37. The van der Waals surface area contributed by atoms with Crippen molar-refractivity contribution in [2.24, 2.45) is 0 Å². The Morgan fingerprint density at radius 3 is 2.26 bits per heavy atom. The Morgan fingerprint density at radius 2 is 1.54 bits per heavy atom. The first-order chi connectivity index (χ1) is 19.0. The highest BCUT2D eigenvalue weighted by atomic mass is 16.5. The van der Waals surface area contributed by atoms with Crippen molar-refractivity contribution in [2.45, 2.75) is 32.2 Å². The van der Waals surface area contributed by atoms with Crippen LogP contribution in [0.25, 0.3) is 10.8 Å². The monoisotopic (exact) mass is 525 g/mol. The fourth-order valence-corrected chi connectivity index (χ4v) is 5.12. The Labute approximate surface area is 230 Å². The number of ether oxygens (including phenoxy) is 4. The SMILES string of the molecule is COc1cc2c(cc1OC)C(COc1ccc(C(C)C)cc1)N(C(=O)COc1ccc3ccccc3c1)CC2. The third-order valence-corrected chi connectivity index (χ3v) is 7.36. The van der Waals surface area contributed by atoms with E-state index in [1.54, 1.807) is 14.2 Å². The van der Waals surface area contributed by atoms with Gasteiger partial charge in [0.1, 0.15) is 18.1 Å². The van der Waals surface area contributed by atoms with E-state index in [1.807, 2.05) is 65.6 Å². The third kappa shape index (κ3) is 5.80. The lowest BCUT2D eigenvalue weighted by molar-refractivity contribution is -0.137.